The molecule has 27 heavy (non-hydrogen) atoms. The second-order valence-electron chi connectivity index (χ2n) is 6.10. The van der Waals surface area contributed by atoms with Gasteiger partial charge in [0, 0.05) is 17.0 Å². The summed E-state index contributed by atoms with van der Waals surface area (Å²) < 4.78 is 67.7. The Bertz CT molecular complexity index is 1050. The van der Waals surface area contributed by atoms with Gasteiger partial charge in [0.1, 0.15) is 17.5 Å². The van der Waals surface area contributed by atoms with Gasteiger partial charge < -0.3 is 0 Å². The fourth-order valence-electron chi connectivity index (χ4n) is 2.97. The van der Waals surface area contributed by atoms with E-state index in [1.54, 1.807) is 18.2 Å². The molecule has 138 valence electrons. The molecule has 3 aromatic carbocycles. The van der Waals surface area contributed by atoms with Crippen LogP contribution in [0.3, 0.4) is 0 Å². The van der Waals surface area contributed by atoms with Gasteiger partial charge in [-0.2, -0.15) is 8.78 Å². The number of hydrogen-bond donors (Lipinski definition) is 0. The van der Waals surface area contributed by atoms with Crippen LogP contribution in [0.25, 0.3) is 28.0 Å². The minimum Gasteiger partial charge on any atom is -0.206 e. The van der Waals surface area contributed by atoms with Crippen LogP contribution in [0.5, 0.6) is 0 Å². The number of halogens is 5. The monoisotopic (exact) mass is 374 g/mol. The van der Waals surface area contributed by atoms with Crippen LogP contribution in [-0.4, -0.2) is 0 Å². The Balaban J connectivity index is 2.07. The lowest BCUT2D eigenvalue weighted by molar-refractivity contribution is 0.428. The van der Waals surface area contributed by atoms with Crippen LogP contribution < -0.4 is 0 Å². The molecule has 0 heterocycles. The third-order valence-corrected chi connectivity index (χ3v) is 4.30. The molecular formula is C22H15F5. The average Bonchev–Trinajstić information content (AvgIpc) is 2.63. The average molecular weight is 374 g/mol. The molecule has 0 aliphatic heterocycles. The lowest BCUT2D eigenvalue weighted by Crippen LogP contribution is -1.93. The van der Waals surface area contributed by atoms with E-state index in [4.69, 9.17) is 0 Å². The van der Waals surface area contributed by atoms with Crippen molar-refractivity contribution in [2.75, 3.05) is 0 Å². The maximum Gasteiger partial charge on any atom is 0.271 e. The number of aryl methyl sites for hydroxylation is 1. The smallest absolute Gasteiger partial charge is 0.206 e. The van der Waals surface area contributed by atoms with Gasteiger partial charge in [-0.05, 0) is 47.6 Å². The Kier molecular flexibility index (Phi) is 5.40. The fourth-order valence-corrected chi connectivity index (χ4v) is 2.97. The van der Waals surface area contributed by atoms with Crippen LogP contribution in [0.2, 0.25) is 0 Å². The van der Waals surface area contributed by atoms with Crippen molar-refractivity contribution < 1.29 is 22.0 Å². The minimum absolute atomic E-state index is 0.0179. The van der Waals surface area contributed by atoms with E-state index >= 15 is 0 Å². The van der Waals surface area contributed by atoms with Gasteiger partial charge in [-0.15, -0.1) is 6.58 Å². The Morgan fingerprint density at radius 2 is 1.70 bits per heavy atom. The summed E-state index contributed by atoms with van der Waals surface area (Å²) in [4.78, 5) is 0. The van der Waals surface area contributed by atoms with Crippen molar-refractivity contribution in [1.29, 1.82) is 0 Å². The van der Waals surface area contributed by atoms with Crippen molar-refractivity contribution >= 4 is 16.8 Å². The molecule has 0 N–H and O–H groups in total. The van der Waals surface area contributed by atoms with Crippen LogP contribution in [0, 0.1) is 17.5 Å². The van der Waals surface area contributed by atoms with E-state index in [0.29, 0.717) is 17.5 Å². The van der Waals surface area contributed by atoms with Crippen LogP contribution in [0.15, 0.2) is 61.2 Å². The molecule has 0 atom stereocenters. The first-order chi connectivity index (χ1) is 12.9. The molecule has 0 aliphatic carbocycles. The molecule has 0 spiro atoms. The van der Waals surface area contributed by atoms with Crippen molar-refractivity contribution in [2.45, 2.75) is 12.8 Å². The van der Waals surface area contributed by atoms with Gasteiger partial charge >= 0.3 is 0 Å². The van der Waals surface area contributed by atoms with E-state index in [1.807, 2.05) is 0 Å². The standard InChI is InChI=1S/C22H15F5/c1-2-3-4-13-5-7-16(19(23)9-13)14-6-8-17-15(10-14)11-20(24)18(22(17)27)12-21(25)26/h2,5-12H,1,3-4H2. The topological polar surface area (TPSA) is 0 Å². The first-order valence-electron chi connectivity index (χ1n) is 8.25. The fraction of sp³-hybridized carbons (Fsp3) is 0.0909. The first kappa shape index (κ1) is 18.8. The van der Waals surface area contributed by atoms with E-state index in [2.05, 4.69) is 6.58 Å². The van der Waals surface area contributed by atoms with Gasteiger partial charge in [-0.3, -0.25) is 0 Å². The van der Waals surface area contributed by atoms with Crippen LogP contribution in [-0.2, 0) is 6.42 Å². The van der Waals surface area contributed by atoms with Crippen LogP contribution in [0.1, 0.15) is 17.5 Å². The summed E-state index contributed by atoms with van der Waals surface area (Å²) in [5, 5.41) is 0.143. The van der Waals surface area contributed by atoms with Gasteiger partial charge in [0.25, 0.3) is 6.08 Å². The maximum absolute atomic E-state index is 14.5. The Morgan fingerprint density at radius 3 is 2.37 bits per heavy atom. The highest BCUT2D eigenvalue weighted by molar-refractivity contribution is 5.90. The highest BCUT2D eigenvalue weighted by Gasteiger charge is 2.15. The Labute approximate surface area is 153 Å². The lowest BCUT2D eigenvalue weighted by atomic mass is 9.97. The number of fused-ring (bicyclic) bond motifs is 1. The molecule has 0 saturated heterocycles. The first-order valence-corrected chi connectivity index (χ1v) is 8.25. The summed E-state index contributed by atoms with van der Waals surface area (Å²) in [7, 11) is 0. The predicted molar refractivity (Wildman–Crippen MR) is 98.0 cm³/mol. The number of hydrogen-bond acceptors (Lipinski definition) is 0. The lowest BCUT2D eigenvalue weighted by Gasteiger charge is -2.09. The van der Waals surface area contributed by atoms with E-state index in [1.165, 1.54) is 24.3 Å². The largest absolute Gasteiger partial charge is 0.271 e. The molecule has 0 radical (unpaired) electrons. The summed E-state index contributed by atoms with van der Waals surface area (Å²) in [6, 6.07) is 10.0. The molecule has 0 fully saturated rings. The van der Waals surface area contributed by atoms with Crippen LogP contribution >= 0.6 is 0 Å². The van der Waals surface area contributed by atoms with Crippen LogP contribution in [0.4, 0.5) is 22.0 Å². The molecule has 0 aromatic heterocycles. The summed E-state index contributed by atoms with van der Waals surface area (Å²) in [5.74, 6) is -2.63. The molecule has 0 bridgehead atoms. The quantitative estimate of drug-likeness (QED) is 0.325. The number of allylic oxidation sites excluding steroid dienone is 1. The second-order valence-corrected chi connectivity index (χ2v) is 6.10. The predicted octanol–water partition coefficient (Wildman–Crippen LogP) is 7.28. The van der Waals surface area contributed by atoms with Crippen molar-refractivity contribution in [3.05, 3.63) is 89.8 Å². The third kappa shape index (κ3) is 3.92. The molecule has 0 aliphatic rings. The summed E-state index contributed by atoms with van der Waals surface area (Å²) >= 11 is 0. The molecule has 3 aromatic rings. The molecule has 5 heteroatoms. The number of rotatable bonds is 5. The van der Waals surface area contributed by atoms with Gasteiger partial charge in [0.2, 0.25) is 0 Å². The van der Waals surface area contributed by atoms with Gasteiger partial charge in [-0.1, -0.05) is 30.3 Å². The molecule has 0 nitrogen and oxygen atoms in total. The molecule has 0 saturated carbocycles. The van der Waals surface area contributed by atoms with Crippen molar-refractivity contribution in [1.82, 2.24) is 0 Å². The van der Waals surface area contributed by atoms with Gasteiger partial charge in [0.15, 0.2) is 0 Å². The van der Waals surface area contributed by atoms with Crippen molar-refractivity contribution in [2.24, 2.45) is 0 Å². The SMILES string of the molecule is C=CCCc1ccc(-c2ccc3c(F)c(C=C(F)F)c(F)cc3c2)c(F)c1. The normalized spacial score (nSPS) is 10.9. The zero-order valence-corrected chi connectivity index (χ0v) is 14.2. The summed E-state index contributed by atoms with van der Waals surface area (Å²) in [6.45, 7) is 3.63. The highest BCUT2D eigenvalue weighted by Crippen LogP contribution is 2.31. The number of benzene rings is 3. The maximum atomic E-state index is 14.5. The van der Waals surface area contributed by atoms with Crippen molar-refractivity contribution in [3.63, 3.8) is 0 Å². The van der Waals surface area contributed by atoms with Crippen molar-refractivity contribution in [3.8, 4) is 11.1 Å². The summed E-state index contributed by atoms with van der Waals surface area (Å²) in [5.41, 5.74) is 0.750. The zero-order chi connectivity index (χ0) is 19.6. The Morgan fingerprint density at radius 1 is 0.926 bits per heavy atom. The molecular weight excluding hydrogens is 359 g/mol. The van der Waals surface area contributed by atoms with E-state index < -0.39 is 29.1 Å². The molecule has 0 amide bonds. The highest BCUT2D eigenvalue weighted by atomic mass is 19.3. The van der Waals surface area contributed by atoms with Gasteiger partial charge in [0.05, 0.1) is 5.56 Å². The van der Waals surface area contributed by atoms with E-state index in [0.717, 1.165) is 18.1 Å². The van der Waals surface area contributed by atoms with E-state index in [-0.39, 0.29) is 16.8 Å². The molecule has 0 unspecified atom stereocenters. The second kappa shape index (κ2) is 7.74. The zero-order valence-electron chi connectivity index (χ0n) is 14.2. The Hall–Kier alpha value is -2.95. The minimum atomic E-state index is -2.19. The summed E-state index contributed by atoms with van der Waals surface area (Å²) in [6.07, 6.45) is 1.10. The third-order valence-electron chi connectivity index (χ3n) is 4.30. The van der Waals surface area contributed by atoms with E-state index in [9.17, 15) is 22.0 Å². The molecule has 3 rings (SSSR count). The van der Waals surface area contributed by atoms with Gasteiger partial charge in [-0.25, -0.2) is 13.2 Å².